The summed E-state index contributed by atoms with van der Waals surface area (Å²) >= 11 is 0. The van der Waals surface area contributed by atoms with E-state index in [4.69, 9.17) is 4.74 Å². The second kappa shape index (κ2) is 9.18. The van der Waals surface area contributed by atoms with E-state index in [2.05, 4.69) is 10.4 Å². The molecule has 0 fully saturated rings. The number of rotatable bonds is 9. The minimum atomic E-state index is -0.192. The van der Waals surface area contributed by atoms with Crippen molar-refractivity contribution in [1.29, 1.82) is 0 Å². The van der Waals surface area contributed by atoms with E-state index in [1.54, 1.807) is 30.5 Å². The van der Waals surface area contributed by atoms with Gasteiger partial charge in [-0.25, -0.2) is 9.48 Å². The predicted octanol–water partition coefficient (Wildman–Crippen LogP) is 1.26. The maximum absolute atomic E-state index is 12.5. The number of nitrogens with one attached hydrogen (secondary N) is 1. The van der Waals surface area contributed by atoms with Gasteiger partial charge in [-0.1, -0.05) is 18.2 Å². The molecule has 0 aliphatic heterocycles. The van der Waals surface area contributed by atoms with E-state index in [0.717, 1.165) is 6.54 Å². The lowest BCUT2D eigenvalue weighted by molar-refractivity contribution is 0.0948. The van der Waals surface area contributed by atoms with Gasteiger partial charge in [0.2, 0.25) is 0 Å². The molecule has 0 radical (unpaired) electrons. The summed E-state index contributed by atoms with van der Waals surface area (Å²) in [4.78, 5) is 26.7. The van der Waals surface area contributed by atoms with Gasteiger partial charge in [-0.15, -0.1) is 5.10 Å². The Labute approximate surface area is 163 Å². The van der Waals surface area contributed by atoms with Gasteiger partial charge in [0.15, 0.2) is 5.65 Å². The molecule has 0 saturated carbocycles. The van der Waals surface area contributed by atoms with Crippen LogP contribution in [0.15, 0.2) is 53.5 Å². The lowest BCUT2D eigenvalue weighted by Crippen LogP contribution is -2.28. The molecule has 0 unspecified atom stereocenters. The highest BCUT2D eigenvalue weighted by Gasteiger charge is 2.12. The molecule has 0 aliphatic carbocycles. The number of likely N-dealkylation sites (N-methyl/N-ethyl adjacent to an activating group) is 1. The highest BCUT2D eigenvalue weighted by Crippen LogP contribution is 2.17. The van der Waals surface area contributed by atoms with Gasteiger partial charge in [0.05, 0.1) is 5.56 Å². The van der Waals surface area contributed by atoms with E-state index in [1.807, 2.05) is 37.2 Å². The maximum Gasteiger partial charge on any atom is 0.350 e. The van der Waals surface area contributed by atoms with Crippen LogP contribution >= 0.6 is 0 Å². The number of amides is 1. The molecule has 2 aromatic heterocycles. The molecule has 0 bridgehead atoms. The number of carbonyl (C=O) groups is 1. The van der Waals surface area contributed by atoms with Crippen LogP contribution in [0.1, 0.15) is 16.8 Å². The molecule has 0 saturated heterocycles. The first-order chi connectivity index (χ1) is 13.6. The third-order valence-corrected chi connectivity index (χ3v) is 4.25. The molecule has 8 nitrogen and oxygen atoms in total. The summed E-state index contributed by atoms with van der Waals surface area (Å²) in [6.07, 6.45) is 2.29. The normalized spacial score (nSPS) is 11.1. The molecule has 1 N–H and O–H groups in total. The van der Waals surface area contributed by atoms with E-state index in [9.17, 15) is 9.59 Å². The molecule has 3 rings (SSSR count). The number of ether oxygens (including phenoxy) is 1. The zero-order chi connectivity index (χ0) is 19.9. The van der Waals surface area contributed by atoms with Crippen LogP contribution in [0.3, 0.4) is 0 Å². The van der Waals surface area contributed by atoms with E-state index in [-0.39, 0.29) is 11.6 Å². The number of pyridine rings is 1. The van der Waals surface area contributed by atoms with Gasteiger partial charge in [-0.3, -0.25) is 9.20 Å². The maximum atomic E-state index is 12.5. The Morgan fingerprint density at radius 3 is 2.75 bits per heavy atom. The highest BCUT2D eigenvalue weighted by molar-refractivity contribution is 5.96. The summed E-state index contributed by atoms with van der Waals surface area (Å²) in [5.74, 6) is 0.376. The van der Waals surface area contributed by atoms with Gasteiger partial charge in [-0.05, 0) is 44.8 Å². The van der Waals surface area contributed by atoms with Crippen molar-refractivity contribution < 1.29 is 9.53 Å². The molecular weight excluding hydrogens is 358 g/mol. The summed E-state index contributed by atoms with van der Waals surface area (Å²) in [5, 5.41) is 7.16. The molecule has 0 spiro atoms. The third kappa shape index (κ3) is 4.77. The van der Waals surface area contributed by atoms with Crippen molar-refractivity contribution in [3.05, 3.63) is 64.7 Å². The molecule has 0 aliphatic rings. The Morgan fingerprint density at radius 1 is 1.18 bits per heavy atom. The topological polar surface area (TPSA) is 80.9 Å². The van der Waals surface area contributed by atoms with Crippen LogP contribution in [0.25, 0.3) is 5.65 Å². The van der Waals surface area contributed by atoms with Crippen LogP contribution in [-0.4, -0.2) is 58.8 Å². The SMILES string of the molecule is CN(C)CCOc1ccccc1C(=O)NCCCn1nc2ccccn2c1=O. The Kier molecular flexibility index (Phi) is 6.44. The van der Waals surface area contributed by atoms with Crippen molar-refractivity contribution in [2.75, 3.05) is 33.8 Å². The largest absolute Gasteiger partial charge is 0.491 e. The number of hydrogen-bond acceptors (Lipinski definition) is 5. The van der Waals surface area contributed by atoms with Gasteiger partial charge in [0.25, 0.3) is 5.91 Å². The smallest absolute Gasteiger partial charge is 0.350 e. The van der Waals surface area contributed by atoms with Gasteiger partial charge < -0.3 is 15.0 Å². The minimum absolute atomic E-state index is 0.179. The van der Waals surface area contributed by atoms with Crippen molar-refractivity contribution in [2.45, 2.75) is 13.0 Å². The lowest BCUT2D eigenvalue weighted by Gasteiger charge is -2.14. The van der Waals surface area contributed by atoms with Gasteiger partial charge in [-0.2, -0.15) is 0 Å². The summed E-state index contributed by atoms with van der Waals surface area (Å²) in [7, 11) is 3.94. The van der Waals surface area contributed by atoms with E-state index < -0.39 is 0 Å². The number of benzene rings is 1. The quantitative estimate of drug-likeness (QED) is 0.563. The van der Waals surface area contributed by atoms with Crippen LogP contribution < -0.4 is 15.7 Å². The van der Waals surface area contributed by atoms with Crippen molar-refractivity contribution in [3.8, 4) is 5.75 Å². The number of fused-ring (bicyclic) bond motifs is 1. The first-order valence-corrected chi connectivity index (χ1v) is 9.25. The molecule has 28 heavy (non-hydrogen) atoms. The Hall–Kier alpha value is -3.13. The van der Waals surface area contributed by atoms with Crippen molar-refractivity contribution in [1.82, 2.24) is 24.4 Å². The average molecular weight is 383 g/mol. The van der Waals surface area contributed by atoms with E-state index in [0.29, 0.717) is 43.1 Å². The number of hydrogen-bond donors (Lipinski definition) is 1. The first-order valence-electron chi connectivity index (χ1n) is 9.25. The number of aromatic nitrogens is 3. The molecule has 1 aromatic carbocycles. The minimum Gasteiger partial charge on any atom is -0.491 e. The van der Waals surface area contributed by atoms with Crippen molar-refractivity contribution in [2.24, 2.45) is 0 Å². The van der Waals surface area contributed by atoms with Crippen molar-refractivity contribution in [3.63, 3.8) is 0 Å². The molecule has 3 aromatic rings. The van der Waals surface area contributed by atoms with Crippen LogP contribution in [0.2, 0.25) is 0 Å². The molecule has 2 heterocycles. The fourth-order valence-electron chi connectivity index (χ4n) is 2.76. The first kappa shape index (κ1) is 19.6. The van der Waals surface area contributed by atoms with Gasteiger partial charge in [0, 0.05) is 25.8 Å². The van der Waals surface area contributed by atoms with E-state index in [1.165, 1.54) is 9.08 Å². The highest BCUT2D eigenvalue weighted by atomic mass is 16.5. The lowest BCUT2D eigenvalue weighted by atomic mass is 10.2. The van der Waals surface area contributed by atoms with Crippen LogP contribution in [0.4, 0.5) is 0 Å². The van der Waals surface area contributed by atoms with Crippen LogP contribution in [0.5, 0.6) is 5.75 Å². The predicted molar refractivity (Wildman–Crippen MR) is 107 cm³/mol. The molecule has 8 heteroatoms. The van der Waals surface area contributed by atoms with Crippen LogP contribution in [-0.2, 0) is 6.54 Å². The van der Waals surface area contributed by atoms with Crippen LogP contribution in [0, 0.1) is 0 Å². The Balaban J connectivity index is 1.53. The summed E-state index contributed by atoms with van der Waals surface area (Å²) in [6.45, 7) is 2.14. The average Bonchev–Trinajstić information content (AvgIpc) is 3.01. The second-order valence-electron chi connectivity index (χ2n) is 6.69. The van der Waals surface area contributed by atoms with Crippen molar-refractivity contribution >= 4 is 11.6 Å². The molecule has 0 atom stereocenters. The Morgan fingerprint density at radius 2 is 1.96 bits per heavy atom. The number of carbonyl (C=O) groups excluding carboxylic acids is 1. The molecular formula is C20H25N5O3. The third-order valence-electron chi connectivity index (χ3n) is 4.25. The standard InChI is InChI=1S/C20H25N5O3/c1-23(2)14-15-28-17-9-4-3-8-16(17)19(26)21-11-7-13-25-20(27)24-12-6-5-10-18(24)22-25/h3-6,8-10,12H,7,11,13-15H2,1-2H3,(H,21,26). The molecule has 1 amide bonds. The summed E-state index contributed by atoms with van der Waals surface area (Å²) in [6, 6.07) is 12.6. The zero-order valence-corrected chi connectivity index (χ0v) is 16.2. The van der Waals surface area contributed by atoms with E-state index >= 15 is 0 Å². The molecule has 148 valence electrons. The van der Waals surface area contributed by atoms with Gasteiger partial charge >= 0.3 is 5.69 Å². The fraction of sp³-hybridized carbons (Fsp3) is 0.350. The number of para-hydroxylation sites is 1. The van der Waals surface area contributed by atoms with Gasteiger partial charge in [0.1, 0.15) is 12.4 Å². The zero-order valence-electron chi connectivity index (χ0n) is 16.2. The monoisotopic (exact) mass is 383 g/mol. The summed E-state index contributed by atoms with van der Waals surface area (Å²) in [5.41, 5.74) is 0.938. The number of nitrogens with zero attached hydrogens (tertiary/aromatic N) is 4. The fourth-order valence-corrected chi connectivity index (χ4v) is 2.76. The number of aryl methyl sites for hydroxylation is 1. The second-order valence-corrected chi connectivity index (χ2v) is 6.69. The Bertz CT molecular complexity index is 993. The summed E-state index contributed by atoms with van der Waals surface area (Å²) < 4.78 is 8.65.